The first-order valence-electron chi connectivity index (χ1n) is 7.41. The number of primary amides is 1. The van der Waals surface area contributed by atoms with Gasteiger partial charge in [-0.3, -0.25) is 9.59 Å². The van der Waals surface area contributed by atoms with Crippen LogP contribution in [0, 0.1) is 5.92 Å². The van der Waals surface area contributed by atoms with Crippen molar-refractivity contribution in [3.05, 3.63) is 28.8 Å². The van der Waals surface area contributed by atoms with Crippen LogP contribution in [0.25, 0.3) is 0 Å². The molecule has 120 valence electrons. The number of ether oxygens (including phenoxy) is 1. The van der Waals surface area contributed by atoms with Gasteiger partial charge >= 0.3 is 0 Å². The lowest BCUT2D eigenvalue weighted by atomic mass is 9.85. The molecule has 22 heavy (non-hydrogen) atoms. The van der Waals surface area contributed by atoms with Crippen LogP contribution in [-0.2, 0) is 16.0 Å². The molecule has 2 rings (SSSR count). The zero-order valence-electron chi connectivity index (χ0n) is 12.6. The Labute approximate surface area is 135 Å². The van der Waals surface area contributed by atoms with Crippen LogP contribution in [0.3, 0.4) is 0 Å². The summed E-state index contributed by atoms with van der Waals surface area (Å²) in [6.45, 7) is 0. The molecule has 1 aliphatic carbocycles. The maximum atomic E-state index is 12.2. The fourth-order valence-electron chi connectivity index (χ4n) is 2.92. The second-order valence-electron chi connectivity index (χ2n) is 5.63. The van der Waals surface area contributed by atoms with Crippen LogP contribution < -0.4 is 15.8 Å². The Kier molecular flexibility index (Phi) is 5.66. The number of nitrogens with one attached hydrogen (secondary N) is 1. The van der Waals surface area contributed by atoms with E-state index in [1.165, 1.54) is 0 Å². The summed E-state index contributed by atoms with van der Waals surface area (Å²) in [6.07, 6.45) is 3.34. The van der Waals surface area contributed by atoms with Gasteiger partial charge in [-0.05, 0) is 31.4 Å². The molecule has 0 bridgehead atoms. The maximum absolute atomic E-state index is 12.2. The quantitative estimate of drug-likeness (QED) is 0.869. The molecule has 2 amide bonds. The number of carbonyl (C=O) groups excluding carboxylic acids is 2. The van der Waals surface area contributed by atoms with E-state index in [0.717, 1.165) is 19.3 Å². The van der Waals surface area contributed by atoms with E-state index in [4.69, 9.17) is 22.1 Å². The molecule has 5 nitrogen and oxygen atoms in total. The van der Waals surface area contributed by atoms with E-state index in [-0.39, 0.29) is 30.2 Å². The molecular formula is C16H21ClN2O3. The van der Waals surface area contributed by atoms with Crippen molar-refractivity contribution in [3.63, 3.8) is 0 Å². The zero-order valence-corrected chi connectivity index (χ0v) is 13.4. The lowest BCUT2D eigenvalue weighted by Crippen LogP contribution is -2.41. The number of halogens is 1. The van der Waals surface area contributed by atoms with Gasteiger partial charge in [-0.2, -0.15) is 0 Å². The van der Waals surface area contributed by atoms with Crippen LogP contribution in [0.1, 0.15) is 31.2 Å². The number of methoxy groups -OCH3 is 1. The maximum Gasteiger partial charge on any atom is 0.224 e. The first-order valence-corrected chi connectivity index (χ1v) is 7.79. The van der Waals surface area contributed by atoms with Crippen molar-refractivity contribution in [1.29, 1.82) is 0 Å². The SMILES string of the molecule is COc1cccc(Cl)c1CC(=O)NC1CCCC(C(N)=O)C1. The smallest absolute Gasteiger partial charge is 0.224 e. The van der Waals surface area contributed by atoms with Crippen LogP contribution >= 0.6 is 11.6 Å². The summed E-state index contributed by atoms with van der Waals surface area (Å²) in [7, 11) is 1.55. The second kappa shape index (κ2) is 7.49. The van der Waals surface area contributed by atoms with Crippen molar-refractivity contribution >= 4 is 23.4 Å². The van der Waals surface area contributed by atoms with E-state index in [1.54, 1.807) is 25.3 Å². The fourth-order valence-corrected chi connectivity index (χ4v) is 3.15. The van der Waals surface area contributed by atoms with Crippen LogP contribution in [0.2, 0.25) is 5.02 Å². The van der Waals surface area contributed by atoms with Gasteiger partial charge in [-0.25, -0.2) is 0 Å². The summed E-state index contributed by atoms with van der Waals surface area (Å²) in [5.74, 6) is 0.0449. The Morgan fingerprint density at radius 3 is 2.86 bits per heavy atom. The predicted octanol–water partition coefficient (Wildman–Crippen LogP) is 2.05. The molecule has 6 heteroatoms. The Morgan fingerprint density at radius 2 is 2.18 bits per heavy atom. The minimum absolute atomic E-state index is 0.00719. The number of hydrogen-bond acceptors (Lipinski definition) is 3. The molecular weight excluding hydrogens is 304 g/mol. The Bertz CT molecular complexity index is 562. The highest BCUT2D eigenvalue weighted by Crippen LogP contribution is 2.27. The molecule has 2 atom stereocenters. The normalized spacial score (nSPS) is 21.2. The Morgan fingerprint density at radius 1 is 1.41 bits per heavy atom. The van der Waals surface area contributed by atoms with Gasteiger partial charge in [0, 0.05) is 22.5 Å². The van der Waals surface area contributed by atoms with Gasteiger partial charge in [0.05, 0.1) is 13.5 Å². The molecule has 1 fully saturated rings. The molecule has 1 aromatic carbocycles. The number of hydrogen-bond donors (Lipinski definition) is 2. The zero-order chi connectivity index (χ0) is 16.1. The summed E-state index contributed by atoms with van der Waals surface area (Å²) in [4.78, 5) is 23.5. The van der Waals surface area contributed by atoms with Crippen LogP contribution in [0.5, 0.6) is 5.75 Å². The van der Waals surface area contributed by atoms with Crippen molar-refractivity contribution in [3.8, 4) is 5.75 Å². The third-order valence-corrected chi connectivity index (χ3v) is 4.43. The first-order chi connectivity index (χ1) is 10.5. The van der Waals surface area contributed by atoms with Crippen LogP contribution in [0.15, 0.2) is 18.2 Å². The van der Waals surface area contributed by atoms with Gasteiger partial charge < -0.3 is 15.8 Å². The highest BCUT2D eigenvalue weighted by atomic mass is 35.5. The minimum Gasteiger partial charge on any atom is -0.496 e. The minimum atomic E-state index is -0.285. The van der Waals surface area contributed by atoms with Crippen LogP contribution in [-0.4, -0.2) is 25.0 Å². The number of amides is 2. The number of rotatable bonds is 5. The predicted molar refractivity (Wildman–Crippen MR) is 84.8 cm³/mol. The van der Waals surface area contributed by atoms with Crippen molar-refractivity contribution in [2.24, 2.45) is 11.7 Å². The summed E-state index contributed by atoms with van der Waals surface area (Å²) in [5, 5.41) is 3.48. The lowest BCUT2D eigenvalue weighted by molar-refractivity contribution is -0.125. The number of carbonyl (C=O) groups is 2. The Balaban J connectivity index is 1.97. The molecule has 0 aromatic heterocycles. The van der Waals surface area contributed by atoms with Gasteiger partial charge in [0.15, 0.2) is 0 Å². The summed E-state index contributed by atoms with van der Waals surface area (Å²) in [5.41, 5.74) is 6.03. The van der Waals surface area contributed by atoms with Gasteiger partial charge in [-0.15, -0.1) is 0 Å². The van der Waals surface area contributed by atoms with Gasteiger partial charge in [0.25, 0.3) is 0 Å². The molecule has 1 aliphatic rings. The van der Waals surface area contributed by atoms with Gasteiger partial charge in [0.2, 0.25) is 11.8 Å². The average Bonchev–Trinajstić information content (AvgIpc) is 2.49. The largest absolute Gasteiger partial charge is 0.496 e. The van der Waals surface area contributed by atoms with Crippen LogP contribution in [0.4, 0.5) is 0 Å². The average molecular weight is 325 g/mol. The standard InChI is InChI=1S/C16H21ClN2O3/c1-22-14-7-3-6-13(17)12(14)9-15(20)19-11-5-2-4-10(8-11)16(18)21/h3,6-7,10-11H,2,4-5,8-9H2,1H3,(H2,18,21)(H,19,20). The van der Waals surface area contributed by atoms with Crippen molar-refractivity contribution < 1.29 is 14.3 Å². The highest BCUT2D eigenvalue weighted by molar-refractivity contribution is 6.31. The topological polar surface area (TPSA) is 81.4 Å². The summed E-state index contributed by atoms with van der Waals surface area (Å²) in [6, 6.07) is 5.28. The van der Waals surface area contributed by atoms with E-state index < -0.39 is 0 Å². The van der Waals surface area contributed by atoms with Crippen molar-refractivity contribution in [2.75, 3.05) is 7.11 Å². The number of nitrogens with two attached hydrogens (primary N) is 1. The molecule has 0 spiro atoms. The summed E-state index contributed by atoms with van der Waals surface area (Å²) >= 11 is 6.14. The van der Waals surface area contributed by atoms with E-state index in [9.17, 15) is 9.59 Å². The number of benzene rings is 1. The van der Waals surface area contributed by atoms with E-state index in [0.29, 0.717) is 22.8 Å². The third-order valence-electron chi connectivity index (χ3n) is 4.07. The molecule has 0 saturated heterocycles. The second-order valence-corrected chi connectivity index (χ2v) is 6.03. The molecule has 0 aliphatic heterocycles. The first kappa shape index (κ1) is 16.6. The van der Waals surface area contributed by atoms with Gasteiger partial charge in [0.1, 0.15) is 5.75 Å². The van der Waals surface area contributed by atoms with Crippen molar-refractivity contribution in [1.82, 2.24) is 5.32 Å². The molecule has 0 radical (unpaired) electrons. The van der Waals surface area contributed by atoms with Gasteiger partial charge in [-0.1, -0.05) is 24.1 Å². The summed E-state index contributed by atoms with van der Waals surface area (Å²) < 4.78 is 5.24. The third kappa shape index (κ3) is 4.13. The van der Waals surface area contributed by atoms with E-state index >= 15 is 0 Å². The molecule has 0 heterocycles. The lowest BCUT2D eigenvalue weighted by Gasteiger charge is -2.28. The fraction of sp³-hybridized carbons (Fsp3) is 0.500. The van der Waals surface area contributed by atoms with Crippen molar-refractivity contribution in [2.45, 2.75) is 38.1 Å². The Hall–Kier alpha value is -1.75. The highest BCUT2D eigenvalue weighted by Gasteiger charge is 2.26. The monoisotopic (exact) mass is 324 g/mol. The van der Waals surface area contributed by atoms with E-state index in [1.807, 2.05) is 0 Å². The molecule has 1 aromatic rings. The molecule has 2 unspecified atom stereocenters. The van der Waals surface area contributed by atoms with E-state index in [2.05, 4.69) is 5.32 Å². The molecule has 1 saturated carbocycles. The molecule has 3 N–H and O–H groups in total.